The van der Waals surface area contributed by atoms with Gasteiger partial charge >= 0.3 is 5.97 Å². The number of carbonyl (C=O) groups excluding carboxylic acids is 4. The predicted molar refractivity (Wildman–Crippen MR) is 98.9 cm³/mol. The summed E-state index contributed by atoms with van der Waals surface area (Å²) in [4.78, 5) is 46.6. The van der Waals surface area contributed by atoms with E-state index in [1.54, 1.807) is 18.2 Å². The molecule has 0 aliphatic heterocycles. The summed E-state index contributed by atoms with van der Waals surface area (Å²) in [6.07, 6.45) is 2.18. The molecule has 0 aliphatic rings. The van der Waals surface area contributed by atoms with E-state index in [2.05, 4.69) is 10.6 Å². The maximum absolute atomic E-state index is 12.3. The molecular weight excluding hydrogens is 382 g/mol. The van der Waals surface area contributed by atoms with Crippen LogP contribution in [0.25, 0.3) is 0 Å². The molecule has 0 aromatic heterocycles. The standard InChI is InChI=1S/C16H20ClN3O5S/c1-26-7-6-12(16(24)25-9-14(22)19-8-13(18)21)20-15(23)10-4-2-3-5-11(10)17/h2-5,12H,6-9H2,1H3,(H2,18,21)(H,19,22)(H,20,23)/t12-/m0/s1. The minimum Gasteiger partial charge on any atom is -0.454 e. The summed E-state index contributed by atoms with van der Waals surface area (Å²) >= 11 is 7.47. The van der Waals surface area contributed by atoms with E-state index in [0.717, 1.165) is 0 Å². The van der Waals surface area contributed by atoms with Crippen molar-refractivity contribution < 1.29 is 23.9 Å². The van der Waals surface area contributed by atoms with Crippen LogP contribution in [0.3, 0.4) is 0 Å². The molecular formula is C16H20ClN3O5S. The Labute approximate surface area is 160 Å². The molecule has 0 heterocycles. The molecule has 1 aromatic carbocycles. The van der Waals surface area contributed by atoms with Crippen LogP contribution in [0.5, 0.6) is 0 Å². The maximum atomic E-state index is 12.3. The van der Waals surface area contributed by atoms with Crippen LogP contribution in [0.2, 0.25) is 5.02 Å². The summed E-state index contributed by atoms with van der Waals surface area (Å²) in [5, 5.41) is 5.02. The third kappa shape index (κ3) is 7.75. The number of hydrogen-bond acceptors (Lipinski definition) is 6. The van der Waals surface area contributed by atoms with E-state index in [0.29, 0.717) is 12.2 Å². The summed E-state index contributed by atoms with van der Waals surface area (Å²) < 4.78 is 4.90. The monoisotopic (exact) mass is 401 g/mol. The molecule has 1 rings (SSSR count). The molecule has 0 radical (unpaired) electrons. The molecule has 0 saturated heterocycles. The SMILES string of the molecule is CSCC[C@H](NC(=O)c1ccccc1Cl)C(=O)OCC(=O)NCC(N)=O. The number of nitrogens with two attached hydrogens (primary N) is 1. The van der Waals surface area contributed by atoms with Crippen molar-refractivity contribution in [2.75, 3.05) is 25.2 Å². The van der Waals surface area contributed by atoms with Crippen molar-refractivity contribution in [3.05, 3.63) is 34.9 Å². The summed E-state index contributed by atoms with van der Waals surface area (Å²) in [6, 6.07) is 5.50. The van der Waals surface area contributed by atoms with Crippen molar-refractivity contribution in [2.24, 2.45) is 5.73 Å². The Morgan fingerprint density at radius 3 is 2.58 bits per heavy atom. The molecule has 4 N–H and O–H groups in total. The normalized spacial score (nSPS) is 11.3. The first-order chi connectivity index (χ1) is 12.3. The minimum absolute atomic E-state index is 0.232. The number of ether oxygens (including phenoxy) is 1. The van der Waals surface area contributed by atoms with Crippen molar-refractivity contribution in [3.8, 4) is 0 Å². The zero-order valence-corrected chi connectivity index (χ0v) is 15.7. The number of rotatable bonds is 10. The first-order valence-corrected chi connectivity index (χ1v) is 9.38. The van der Waals surface area contributed by atoms with Crippen LogP contribution in [-0.4, -0.2) is 54.9 Å². The molecule has 3 amide bonds. The van der Waals surface area contributed by atoms with Gasteiger partial charge in [-0.05, 0) is 30.6 Å². The van der Waals surface area contributed by atoms with Gasteiger partial charge in [-0.1, -0.05) is 23.7 Å². The van der Waals surface area contributed by atoms with Gasteiger partial charge < -0.3 is 21.1 Å². The van der Waals surface area contributed by atoms with Crippen molar-refractivity contribution in [1.29, 1.82) is 0 Å². The molecule has 142 valence electrons. The Morgan fingerprint density at radius 1 is 1.27 bits per heavy atom. The van der Waals surface area contributed by atoms with E-state index in [4.69, 9.17) is 22.1 Å². The van der Waals surface area contributed by atoms with Crippen molar-refractivity contribution in [1.82, 2.24) is 10.6 Å². The Kier molecular flexibility index (Phi) is 9.53. The van der Waals surface area contributed by atoms with Gasteiger partial charge in [0.2, 0.25) is 5.91 Å². The highest BCUT2D eigenvalue weighted by Crippen LogP contribution is 2.15. The van der Waals surface area contributed by atoms with Gasteiger partial charge in [-0.25, -0.2) is 4.79 Å². The number of carbonyl (C=O) groups is 4. The lowest BCUT2D eigenvalue weighted by atomic mass is 10.1. The van der Waals surface area contributed by atoms with Gasteiger partial charge in [-0.2, -0.15) is 11.8 Å². The fourth-order valence-corrected chi connectivity index (χ4v) is 2.53. The van der Waals surface area contributed by atoms with Crippen LogP contribution in [0.15, 0.2) is 24.3 Å². The molecule has 0 aliphatic carbocycles. The largest absolute Gasteiger partial charge is 0.454 e. The molecule has 0 fully saturated rings. The molecule has 26 heavy (non-hydrogen) atoms. The second-order valence-electron chi connectivity index (χ2n) is 5.14. The molecule has 1 atom stereocenters. The van der Waals surface area contributed by atoms with E-state index >= 15 is 0 Å². The third-order valence-electron chi connectivity index (χ3n) is 3.12. The Bertz CT molecular complexity index is 671. The molecule has 0 spiro atoms. The fraction of sp³-hybridized carbons (Fsp3) is 0.375. The zero-order valence-electron chi connectivity index (χ0n) is 14.1. The minimum atomic E-state index is -0.935. The molecule has 0 bridgehead atoms. The smallest absolute Gasteiger partial charge is 0.329 e. The first kappa shape index (κ1) is 21.8. The number of primary amides is 1. The van der Waals surface area contributed by atoms with Gasteiger partial charge in [-0.3, -0.25) is 14.4 Å². The number of nitrogens with one attached hydrogen (secondary N) is 2. The lowest BCUT2D eigenvalue weighted by Crippen LogP contribution is -2.44. The summed E-state index contributed by atoms with van der Waals surface area (Å²) in [5.74, 6) is -2.06. The summed E-state index contributed by atoms with van der Waals surface area (Å²) in [5.41, 5.74) is 5.13. The van der Waals surface area contributed by atoms with Crippen LogP contribution in [0, 0.1) is 0 Å². The second-order valence-corrected chi connectivity index (χ2v) is 6.53. The highest BCUT2D eigenvalue weighted by molar-refractivity contribution is 7.98. The van der Waals surface area contributed by atoms with Crippen LogP contribution < -0.4 is 16.4 Å². The van der Waals surface area contributed by atoms with Gasteiger partial charge in [0.15, 0.2) is 6.61 Å². The highest BCUT2D eigenvalue weighted by atomic mass is 35.5. The number of halogens is 1. The Hall–Kier alpha value is -2.26. The van der Waals surface area contributed by atoms with Gasteiger partial charge in [-0.15, -0.1) is 0 Å². The summed E-state index contributed by atoms with van der Waals surface area (Å²) in [6.45, 7) is -0.931. The maximum Gasteiger partial charge on any atom is 0.329 e. The number of amides is 3. The molecule has 8 nitrogen and oxygen atoms in total. The average Bonchev–Trinajstić information content (AvgIpc) is 2.61. The van der Waals surface area contributed by atoms with Crippen LogP contribution in [0.4, 0.5) is 0 Å². The summed E-state index contributed by atoms with van der Waals surface area (Å²) in [7, 11) is 0. The number of esters is 1. The first-order valence-electron chi connectivity index (χ1n) is 7.61. The molecule has 10 heteroatoms. The molecule has 0 saturated carbocycles. The molecule has 0 unspecified atom stereocenters. The highest BCUT2D eigenvalue weighted by Gasteiger charge is 2.24. The van der Waals surface area contributed by atoms with Crippen molar-refractivity contribution >= 4 is 47.1 Å². The Morgan fingerprint density at radius 2 is 1.96 bits per heavy atom. The van der Waals surface area contributed by atoms with Crippen LogP contribution >= 0.6 is 23.4 Å². The lowest BCUT2D eigenvalue weighted by molar-refractivity contribution is -0.150. The predicted octanol–water partition coefficient (Wildman–Crippen LogP) is 0.336. The molecule has 1 aromatic rings. The lowest BCUT2D eigenvalue weighted by Gasteiger charge is -2.17. The van der Waals surface area contributed by atoms with E-state index in [-0.39, 0.29) is 17.1 Å². The quantitative estimate of drug-likeness (QED) is 0.485. The number of benzene rings is 1. The topological polar surface area (TPSA) is 128 Å². The van der Waals surface area contributed by atoms with E-state index in [1.165, 1.54) is 17.8 Å². The van der Waals surface area contributed by atoms with Gasteiger partial charge in [0.1, 0.15) is 6.04 Å². The average molecular weight is 402 g/mol. The van der Waals surface area contributed by atoms with Crippen molar-refractivity contribution in [2.45, 2.75) is 12.5 Å². The number of thioether (sulfide) groups is 1. The second kappa shape index (κ2) is 11.4. The van der Waals surface area contributed by atoms with Crippen molar-refractivity contribution in [3.63, 3.8) is 0 Å². The van der Waals surface area contributed by atoms with Gasteiger partial charge in [0.05, 0.1) is 17.1 Å². The van der Waals surface area contributed by atoms with Gasteiger partial charge in [0, 0.05) is 0 Å². The number of hydrogen-bond donors (Lipinski definition) is 3. The van der Waals surface area contributed by atoms with E-state index < -0.39 is 36.3 Å². The fourth-order valence-electron chi connectivity index (χ4n) is 1.84. The van der Waals surface area contributed by atoms with E-state index in [1.807, 2.05) is 6.26 Å². The van der Waals surface area contributed by atoms with Crippen LogP contribution in [-0.2, 0) is 19.1 Å². The van der Waals surface area contributed by atoms with Gasteiger partial charge in [0.25, 0.3) is 11.8 Å². The van der Waals surface area contributed by atoms with Crippen LogP contribution in [0.1, 0.15) is 16.8 Å². The van der Waals surface area contributed by atoms with E-state index in [9.17, 15) is 19.2 Å². The third-order valence-corrected chi connectivity index (χ3v) is 4.10. The Balaban J connectivity index is 2.65. The zero-order chi connectivity index (χ0) is 19.5.